The number of hydrogen-bond acceptors (Lipinski definition) is 5. The molecule has 2 N–H and O–H groups in total. The van der Waals surface area contributed by atoms with E-state index in [0.29, 0.717) is 28.7 Å². The van der Waals surface area contributed by atoms with E-state index in [1.807, 2.05) is 49.1 Å². The first-order valence-electron chi connectivity index (χ1n) is 9.89. The molecule has 162 valence electrons. The molecule has 0 fully saturated rings. The molecule has 3 rings (SSSR count). The van der Waals surface area contributed by atoms with E-state index in [4.69, 9.17) is 21.7 Å². The van der Waals surface area contributed by atoms with Gasteiger partial charge in [-0.15, -0.1) is 0 Å². The lowest BCUT2D eigenvalue weighted by atomic mass is 9.95. The molecule has 0 radical (unpaired) electrons. The van der Waals surface area contributed by atoms with E-state index < -0.39 is 12.0 Å². The number of nitrogens with zero attached hydrogens (tertiary/aromatic N) is 1. The zero-order valence-electron chi connectivity index (χ0n) is 17.7. The van der Waals surface area contributed by atoms with Gasteiger partial charge in [-0.1, -0.05) is 30.3 Å². The standard InChI is InChI=1S/C23H25N3O4S/c1-4-26-15(2)20(22(28)29-3)21(25-23(26)31)16-10-12-17(13-11-16)24-19(27)14-30-18-8-6-5-7-9-18/h5-13,21H,4,14H2,1-3H3,(H,24,27)(H,25,31)/t21-/m1/s1. The van der Waals surface area contributed by atoms with Crippen molar-refractivity contribution in [2.75, 3.05) is 25.6 Å². The number of hydrogen-bond donors (Lipinski definition) is 2. The van der Waals surface area contributed by atoms with Crippen molar-refractivity contribution in [3.63, 3.8) is 0 Å². The van der Waals surface area contributed by atoms with Gasteiger partial charge in [0, 0.05) is 17.9 Å². The number of amides is 1. The summed E-state index contributed by atoms with van der Waals surface area (Å²) in [4.78, 5) is 26.5. The summed E-state index contributed by atoms with van der Waals surface area (Å²) in [5, 5.41) is 6.57. The normalized spacial score (nSPS) is 15.9. The molecule has 7 nitrogen and oxygen atoms in total. The maximum Gasteiger partial charge on any atom is 0.337 e. The van der Waals surface area contributed by atoms with Gasteiger partial charge < -0.3 is 25.0 Å². The van der Waals surface area contributed by atoms with Crippen molar-refractivity contribution in [3.05, 3.63) is 71.4 Å². The SMILES string of the molecule is CCN1C(=S)N[C@H](c2ccc(NC(=O)COc3ccccc3)cc2)C(C(=O)OC)=C1C. The van der Waals surface area contributed by atoms with Crippen molar-refractivity contribution < 1.29 is 19.1 Å². The van der Waals surface area contributed by atoms with Gasteiger partial charge in [0.15, 0.2) is 11.7 Å². The van der Waals surface area contributed by atoms with Crippen LogP contribution in [0.1, 0.15) is 25.5 Å². The van der Waals surface area contributed by atoms with Gasteiger partial charge in [-0.3, -0.25) is 4.79 Å². The van der Waals surface area contributed by atoms with E-state index in [0.717, 1.165) is 11.3 Å². The quantitative estimate of drug-likeness (QED) is 0.506. The van der Waals surface area contributed by atoms with Gasteiger partial charge in [-0.05, 0) is 55.9 Å². The topological polar surface area (TPSA) is 79.9 Å². The average Bonchev–Trinajstić information content (AvgIpc) is 2.78. The Morgan fingerprint density at radius 1 is 1.13 bits per heavy atom. The summed E-state index contributed by atoms with van der Waals surface area (Å²) >= 11 is 5.47. The first-order chi connectivity index (χ1) is 14.9. The number of anilines is 1. The molecule has 2 aromatic carbocycles. The number of carbonyl (C=O) groups is 2. The largest absolute Gasteiger partial charge is 0.484 e. The molecule has 1 aliphatic rings. The highest BCUT2D eigenvalue weighted by molar-refractivity contribution is 7.80. The highest BCUT2D eigenvalue weighted by atomic mass is 32.1. The number of thiocarbonyl (C=S) groups is 1. The molecule has 1 amide bonds. The molecule has 1 heterocycles. The number of para-hydroxylation sites is 1. The average molecular weight is 440 g/mol. The molecule has 0 bridgehead atoms. The molecule has 0 spiro atoms. The number of ether oxygens (including phenoxy) is 2. The van der Waals surface area contributed by atoms with E-state index in [-0.39, 0.29) is 12.5 Å². The van der Waals surface area contributed by atoms with Crippen LogP contribution in [0.15, 0.2) is 65.9 Å². The fourth-order valence-corrected chi connectivity index (χ4v) is 3.79. The highest BCUT2D eigenvalue weighted by Gasteiger charge is 2.33. The second-order valence-electron chi connectivity index (χ2n) is 6.89. The van der Waals surface area contributed by atoms with Gasteiger partial charge in [-0.25, -0.2) is 4.79 Å². The zero-order valence-corrected chi connectivity index (χ0v) is 18.5. The van der Waals surface area contributed by atoms with Crippen LogP contribution in [0.4, 0.5) is 5.69 Å². The Hall–Kier alpha value is -3.39. The number of esters is 1. The summed E-state index contributed by atoms with van der Waals surface area (Å²) in [6.45, 7) is 4.37. The third-order valence-electron chi connectivity index (χ3n) is 4.96. The fourth-order valence-electron chi connectivity index (χ4n) is 3.41. The number of allylic oxidation sites excluding steroid dienone is 1. The summed E-state index contributed by atoms with van der Waals surface area (Å²) in [5.74, 6) is -0.0458. The van der Waals surface area contributed by atoms with Crippen molar-refractivity contribution in [3.8, 4) is 5.75 Å². The minimum Gasteiger partial charge on any atom is -0.484 e. The molecule has 8 heteroatoms. The Morgan fingerprint density at radius 2 is 1.81 bits per heavy atom. The fraction of sp³-hybridized carbons (Fsp3) is 0.261. The number of methoxy groups -OCH3 is 1. The predicted octanol–water partition coefficient (Wildman–Crippen LogP) is 3.40. The van der Waals surface area contributed by atoms with Crippen molar-refractivity contribution >= 4 is 34.9 Å². The number of rotatable bonds is 7. The molecule has 0 saturated heterocycles. The molecule has 2 aromatic rings. The van der Waals surface area contributed by atoms with Gasteiger partial charge in [0.2, 0.25) is 0 Å². The Labute approximate surface area is 187 Å². The highest BCUT2D eigenvalue weighted by Crippen LogP contribution is 2.31. The molecule has 0 unspecified atom stereocenters. The van der Waals surface area contributed by atoms with Crippen LogP contribution in [-0.2, 0) is 14.3 Å². The maximum atomic E-state index is 12.5. The minimum absolute atomic E-state index is 0.0918. The van der Waals surface area contributed by atoms with Crippen molar-refractivity contribution in [1.82, 2.24) is 10.2 Å². The Balaban J connectivity index is 1.72. The zero-order chi connectivity index (χ0) is 22.4. The minimum atomic E-state index is -0.436. The lowest BCUT2D eigenvalue weighted by molar-refractivity contribution is -0.136. The molecule has 31 heavy (non-hydrogen) atoms. The molecular formula is C23H25N3O4S. The molecule has 0 saturated carbocycles. The van der Waals surface area contributed by atoms with Crippen molar-refractivity contribution in [1.29, 1.82) is 0 Å². The van der Waals surface area contributed by atoms with Crippen molar-refractivity contribution in [2.45, 2.75) is 19.9 Å². The molecule has 1 atom stereocenters. The first kappa shape index (κ1) is 22.3. The van der Waals surface area contributed by atoms with Gasteiger partial charge in [0.25, 0.3) is 5.91 Å². The number of benzene rings is 2. The second-order valence-corrected chi connectivity index (χ2v) is 7.28. The van der Waals surface area contributed by atoms with Crippen LogP contribution in [-0.4, -0.2) is 42.2 Å². The Kier molecular flexibility index (Phi) is 7.25. The summed E-state index contributed by atoms with van der Waals surface area (Å²) in [6.07, 6.45) is 0. The molecule has 0 aromatic heterocycles. The Bertz CT molecular complexity index is 990. The summed E-state index contributed by atoms with van der Waals surface area (Å²) < 4.78 is 10.5. The lowest BCUT2D eigenvalue weighted by Crippen LogP contribution is -2.47. The van der Waals surface area contributed by atoms with Crippen LogP contribution >= 0.6 is 12.2 Å². The van der Waals surface area contributed by atoms with Crippen LogP contribution in [0.25, 0.3) is 0 Å². The molecular weight excluding hydrogens is 414 g/mol. The Morgan fingerprint density at radius 3 is 2.42 bits per heavy atom. The third-order valence-corrected chi connectivity index (χ3v) is 5.30. The molecule has 1 aliphatic heterocycles. The summed E-state index contributed by atoms with van der Waals surface area (Å²) in [5.41, 5.74) is 2.72. The first-order valence-corrected chi connectivity index (χ1v) is 10.3. The monoisotopic (exact) mass is 439 g/mol. The predicted molar refractivity (Wildman–Crippen MR) is 123 cm³/mol. The van der Waals surface area contributed by atoms with Crippen LogP contribution < -0.4 is 15.4 Å². The van der Waals surface area contributed by atoms with Crippen LogP contribution in [0.5, 0.6) is 5.75 Å². The second kappa shape index (κ2) is 10.1. The third kappa shape index (κ3) is 5.21. The van der Waals surface area contributed by atoms with Gasteiger partial charge in [-0.2, -0.15) is 0 Å². The maximum absolute atomic E-state index is 12.5. The van der Waals surface area contributed by atoms with Gasteiger partial charge in [0.1, 0.15) is 5.75 Å². The van der Waals surface area contributed by atoms with E-state index in [1.165, 1.54) is 7.11 Å². The summed E-state index contributed by atoms with van der Waals surface area (Å²) in [7, 11) is 1.36. The van der Waals surface area contributed by atoms with E-state index in [1.54, 1.807) is 24.3 Å². The molecule has 0 aliphatic carbocycles. The van der Waals surface area contributed by atoms with Gasteiger partial charge >= 0.3 is 5.97 Å². The lowest BCUT2D eigenvalue weighted by Gasteiger charge is -2.36. The van der Waals surface area contributed by atoms with E-state index >= 15 is 0 Å². The van der Waals surface area contributed by atoms with E-state index in [9.17, 15) is 9.59 Å². The van der Waals surface area contributed by atoms with Crippen molar-refractivity contribution in [2.24, 2.45) is 0 Å². The van der Waals surface area contributed by atoms with Crippen LogP contribution in [0, 0.1) is 0 Å². The summed E-state index contributed by atoms with van der Waals surface area (Å²) in [6, 6.07) is 15.9. The smallest absolute Gasteiger partial charge is 0.337 e. The van der Waals surface area contributed by atoms with Gasteiger partial charge in [0.05, 0.1) is 18.7 Å². The number of nitrogens with one attached hydrogen (secondary N) is 2. The van der Waals surface area contributed by atoms with Crippen LogP contribution in [0.3, 0.4) is 0 Å². The van der Waals surface area contributed by atoms with Crippen LogP contribution in [0.2, 0.25) is 0 Å². The van der Waals surface area contributed by atoms with E-state index in [2.05, 4.69) is 10.6 Å². The number of carbonyl (C=O) groups excluding carboxylic acids is 2.